The van der Waals surface area contributed by atoms with Crippen molar-refractivity contribution >= 4 is 21.6 Å². The van der Waals surface area contributed by atoms with E-state index < -0.39 is 4.92 Å². The summed E-state index contributed by atoms with van der Waals surface area (Å²) in [4.78, 5) is 10.5. The van der Waals surface area contributed by atoms with Gasteiger partial charge in [0, 0.05) is 10.5 Å². The minimum absolute atomic E-state index is 0.0301. The molecule has 0 atom stereocenters. The fraction of sp³-hybridized carbons (Fsp3) is 0.200. The smallest absolute Gasteiger partial charge is 0.311 e. The summed E-state index contributed by atoms with van der Waals surface area (Å²) in [7, 11) is 0. The quantitative estimate of drug-likeness (QED) is 0.446. The number of benzene rings is 2. The van der Waals surface area contributed by atoms with Gasteiger partial charge in [-0.15, -0.1) is 0 Å². The molecule has 110 valence electrons. The highest BCUT2D eigenvalue weighted by Crippen LogP contribution is 2.27. The number of ether oxygens (including phenoxy) is 2. The zero-order valence-electron chi connectivity index (χ0n) is 11.4. The average Bonchev–Trinajstić information content (AvgIpc) is 2.44. The summed E-state index contributed by atoms with van der Waals surface area (Å²) in [5.74, 6) is 0.967. The van der Waals surface area contributed by atoms with Crippen LogP contribution >= 0.6 is 15.9 Å². The first kappa shape index (κ1) is 15.3. The molecule has 0 aliphatic heterocycles. The van der Waals surface area contributed by atoms with Gasteiger partial charge in [0.2, 0.25) is 0 Å². The standard InChI is InChI=1S/C15H14BrNO4/c1-11-5-6-15(14(9-11)17(18)19)21-8-7-20-13-4-2-3-12(16)10-13/h2-6,9-10H,7-8H2,1H3. The largest absolute Gasteiger partial charge is 0.490 e. The fourth-order valence-electron chi connectivity index (χ4n) is 1.76. The third-order valence-corrected chi connectivity index (χ3v) is 3.21. The van der Waals surface area contributed by atoms with Crippen LogP contribution in [0.25, 0.3) is 0 Å². The van der Waals surface area contributed by atoms with E-state index in [2.05, 4.69) is 15.9 Å². The van der Waals surface area contributed by atoms with Crippen LogP contribution in [-0.4, -0.2) is 18.1 Å². The Hall–Kier alpha value is -2.08. The van der Waals surface area contributed by atoms with Crippen LogP contribution in [0.1, 0.15) is 5.56 Å². The van der Waals surface area contributed by atoms with Gasteiger partial charge in [-0.3, -0.25) is 10.1 Å². The third-order valence-electron chi connectivity index (χ3n) is 2.72. The monoisotopic (exact) mass is 351 g/mol. The van der Waals surface area contributed by atoms with Gasteiger partial charge in [0.25, 0.3) is 0 Å². The normalized spacial score (nSPS) is 10.2. The highest BCUT2D eigenvalue weighted by atomic mass is 79.9. The summed E-state index contributed by atoms with van der Waals surface area (Å²) in [5, 5.41) is 11.0. The second-order valence-electron chi connectivity index (χ2n) is 4.38. The van der Waals surface area contributed by atoms with Crippen LogP contribution in [-0.2, 0) is 0 Å². The summed E-state index contributed by atoms with van der Waals surface area (Å²) >= 11 is 3.35. The molecular formula is C15H14BrNO4. The molecule has 0 bridgehead atoms. The molecule has 2 aromatic carbocycles. The number of nitro benzene ring substituents is 1. The Morgan fingerprint density at radius 2 is 1.90 bits per heavy atom. The number of nitro groups is 1. The number of nitrogens with zero attached hydrogens (tertiary/aromatic N) is 1. The number of hydrogen-bond acceptors (Lipinski definition) is 4. The van der Waals surface area contributed by atoms with Gasteiger partial charge < -0.3 is 9.47 Å². The molecule has 0 amide bonds. The Morgan fingerprint density at radius 3 is 2.62 bits per heavy atom. The first-order valence-electron chi connectivity index (χ1n) is 6.32. The van der Waals surface area contributed by atoms with Crippen LogP contribution in [0.3, 0.4) is 0 Å². The summed E-state index contributed by atoms with van der Waals surface area (Å²) in [6.07, 6.45) is 0. The fourth-order valence-corrected chi connectivity index (χ4v) is 2.14. The van der Waals surface area contributed by atoms with E-state index in [1.54, 1.807) is 19.1 Å². The van der Waals surface area contributed by atoms with Crippen LogP contribution in [0.2, 0.25) is 0 Å². The second-order valence-corrected chi connectivity index (χ2v) is 5.30. The molecule has 0 fully saturated rings. The molecule has 0 aliphatic carbocycles. The minimum Gasteiger partial charge on any atom is -0.490 e. The summed E-state index contributed by atoms with van der Waals surface area (Å²) < 4.78 is 11.9. The summed E-state index contributed by atoms with van der Waals surface area (Å²) in [6.45, 7) is 2.34. The van der Waals surface area contributed by atoms with Crippen LogP contribution in [0, 0.1) is 17.0 Å². The lowest BCUT2D eigenvalue weighted by atomic mass is 10.2. The predicted octanol–water partition coefficient (Wildman–Crippen LogP) is 4.12. The average molecular weight is 352 g/mol. The molecule has 0 aromatic heterocycles. The molecule has 0 heterocycles. The molecular weight excluding hydrogens is 338 g/mol. The molecule has 0 saturated heterocycles. The molecule has 6 heteroatoms. The van der Waals surface area contributed by atoms with Crippen molar-refractivity contribution in [3.8, 4) is 11.5 Å². The summed E-state index contributed by atoms with van der Waals surface area (Å²) in [6, 6.07) is 12.3. The van der Waals surface area contributed by atoms with E-state index in [1.807, 2.05) is 24.3 Å². The van der Waals surface area contributed by atoms with Gasteiger partial charge in [-0.1, -0.05) is 28.1 Å². The van der Waals surface area contributed by atoms with Crippen LogP contribution in [0.15, 0.2) is 46.9 Å². The van der Waals surface area contributed by atoms with E-state index in [9.17, 15) is 10.1 Å². The molecule has 2 rings (SSSR count). The van der Waals surface area contributed by atoms with Crippen molar-refractivity contribution in [1.29, 1.82) is 0 Å². The molecule has 2 aromatic rings. The van der Waals surface area contributed by atoms with Crippen molar-refractivity contribution < 1.29 is 14.4 Å². The lowest BCUT2D eigenvalue weighted by molar-refractivity contribution is -0.385. The highest BCUT2D eigenvalue weighted by Gasteiger charge is 2.14. The Bertz CT molecular complexity index is 645. The Kier molecular flexibility index (Phi) is 5.16. The van der Waals surface area contributed by atoms with Gasteiger partial charge in [-0.25, -0.2) is 0 Å². The van der Waals surface area contributed by atoms with Crippen molar-refractivity contribution in [3.05, 3.63) is 62.6 Å². The van der Waals surface area contributed by atoms with Crippen molar-refractivity contribution in [2.75, 3.05) is 13.2 Å². The van der Waals surface area contributed by atoms with Gasteiger partial charge in [-0.05, 0) is 36.8 Å². The Morgan fingerprint density at radius 1 is 1.14 bits per heavy atom. The van der Waals surface area contributed by atoms with Crippen molar-refractivity contribution in [2.45, 2.75) is 6.92 Å². The lowest BCUT2D eigenvalue weighted by Gasteiger charge is -2.09. The Balaban J connectivity index is 1.90. The topological polar surface area (TPSA) is 61.6 Å². The van der Waals surface area contributed by atoms with Gasteiger partial charge >= 0.3 is 5.69 Å². The molecule has 0 N–H and O–H groups in total. The van der Waals surface area contributed by atoms with Crippen LogP contribution < -0.4 is 9.47 Å². The Labute approximate surface area is 130 Å². The maximum atomic E-state index is 11.0. The predicted molar refractivity (Wildman–Crippen MR) is 83.0 cm³/mol. The van der Waals surface area contributed by atoms with Gasteiger partial charge in [0.1, 0.15) is 19.0 Å². The molecule has 0 aliphatic rings. The first-order valence-corrected chi connectivity index (χ1v) is 7.12. The van der Waals surface area contributed by atoms with Crippen LogP contribution in [0.4, 0.5) is 5.69 Å². The molecule has 0 unspecified atom stereocenters. The van der Waals surface area contributed by atoms with E-state index >= 15 is 0 Å². The molecule has 0 spiro atoms. The van der Waals surface area contributed by atoms with Gasteiger partial charge in [0.15, 0.2) is 5.75 Å². The summed E-state index contributed by atoms with van der Waals surface area (Å²) in [5.41, 5.74) is 0.789. The number of halogens is 1. The van der Waals surface area contributed by atoms with E-state index in [0.29, 0.717) is 12.4 Å². The van der Waals surface area contributed by atoms with E-state index in [0.717, 1.165) is 10.0 Å². The maximum absolute atomic E-state index is 11.0. The second kappa shape index (κ2) is 7.08. The van der Waals surface area contributed by atoms with Crippen molar-refractivity contribution in [3.63, 3.8) is 0 Å². The molecule has 5 nitrogen and oxygen atoms in total. The van der Waals surface area contributed by atoms with Gasteiger partial charge in [0.05, 0.1) is 4.92 Å². The van der Waals surface area contributed by atoms with E-state index in [-0.39, 0.29) is 18.0 Å². The maximum Gasteiger partial charge on any atom is 0.311 e. The molecule has 0 radical (unpaired) electrons. The SMILES string of the molecule is Cc1ccc(OCCOc2cccc(Br)c2)c([N+](=O)[O-])c1. The van der Waals surface area contributed by atoms with E-state index in [1.165, 1.54) is 6.07 Å². The molecule has 21 heavy (non-hydrogen) atoms. The zero-order chi connectivity index (χ0) is 15.2. The minimum atomic E-state index is -0.447. The van der Waals surface area contributed by atoms with Gasteiger partial charge in [-0.2, -0.15) is 0 Å². The first-order chi connectivity index (χ1) is 10.1. The lowest BCUT2D eigenvalue weighted by Crippen LogP contribution is -2.10. The zero-order valence-corrected chi connectivity index (χ0v) is 13.0. The van der Waals surface area contributed by atoms with Crippen molar-refractivity contribution in [2.24, 2.45) is 0 Å². The molecule has 0 saturated carbocycles. The van der Waals surface area contributed by atoms with Crippen LogP contribution in [0.5, 0.6) is 11.5 Å². The highest BCUT2D eigenvalue weighted by molar-refractivity contribution is 9.10. The third kappa shape index (κ3) is 4.46. The van der Waals surface area contributed by atoms with E-state index in [4.69, 9.17) is 9.47 Å². The number of aryl methyl sites for hydroxylation is 1. The number of rotatable bonds is 6. The number of hydrogen-bond donors (Lipinski definition) is 0. The van der Waals surface area contributed by atoms with Crippen molar-refractivity contribution in [1.82, 2.24) is 0 Å².